The van der Waals surface area contributed by atoms with Crippen LogP contribution in [0.2, 0.25) is 0 Å². The molecule has 0 amide bonds. The Bertz CT molecular complexity index is 669. The van der Waals surface area contributed by atoms with E-state index in [1.807, 2.05) is 19.2 Å². The van der Waals surface area contributed by atoms with Gasteiger partial charge in [0.1, 0.15) is 5.78 Å². The molecule has 0 aromatic heterocycles. The summed E-state index contributed by atoms with van der Waals surface area (Å²) in [6.07, 6.45) is 14.6. The van der Waals surface area contributed by atoms with Gasteiger partial charge in [-0.25, -0.2) is 0 Å². The molecule has 0 rings (SSSR count). The van der Waals surface area contributed by atoms with Crippen LogP contribution in [0, 0.1) is 5.92 Å². The van der Waals surface area contributed by atoms with E-state index in [1.165, 1.54) is 12.5 Å². The van der Waals surface area contributed by atoms with Gasteiger partial charge in [0.05, 0.1) is 19.4 Å². The Morgan fingerprint density at radius 2 is 1.93 bits per heavy atom. The molecule has 0 N–H and O–H groups in total. The van der Waals surface area contributed by atoms with Crippen LogP contribution in [0.3, 0.4) is 0 Å². The number of carbonyl (C=O) groups excluding carboxylic acids is 1. The normalized spacial score (nSPS) is 14.4. The second-order valence-corrected chi connectivity index (χ2v) is 7.04. The van der Waals surface area contributed by atoms with E-state index in [4.69, 9.17) is 14.2 Å². The molecule has 5 heteroatoms. The molecule has 0 aromatic rings. The Morgan fingerprint density at radius 3 is 2.50 bits per heavy atom. The molecule has 0 aliphatic heterocycles. The molecular formula is C25H39NO4. The van der Waals surface area contributed by atoms with Crippen molar-refractivity contribution in [3.05, 3.63) is 59.7 Å². The van der Waals surface area contributed by atoms with Gasteiger partial charge < -0.3 is 14.2 Å². The molecule has 30 heavy (non-hydrogen) atoms. The van der Waals surface area contributed by atoms with Crippen molar-refractivity contribution in [2.75, 3.05) is 27.4 Å². The van der Waals surface area contributed by atoms with Gasteiger partial charge in [-0.1, -0.05) is 44.2 Å². The lowest BCUT2D eigenvalue weighted by atomic mass is 10.00. The monoisotopic (exact) mass is 417 g/mol. The molecule has 0 radical (unpaired) electrons. The molecule has 0 aliphatic rings. The fraction of sp³-hybridized carbons (Fsp3) is 0.520. The standard InChI is InChI=1S/C25H39NO4/c1-8-10-12-23(9-2)17-20(3)19-26-21(4)18-25(30-16-11-15-28-6)24(29-7)14-13-22(5)27/h8,10,12,14,18-20H,4,9,11,13,15-17H2,1-3,5-7H3/b10-8-,23-12+,24-14+,25-18+,26-19?. The van der Waals surface area contributed by atoms with Gasteiger partial charge in [-0.05, 0) is 38.7 Å². The SMILES string of the molecule is C=C(/C=C(OCCCOC)\C(=C/CC(C)=O)OC)N=CC(C)C/C(=C/C=C\C)CC. The lowest BCUT2D eigenvalue weighted by Crippen LogP contribution is -2.04. The van der Waals surface area contributed by atoms with Gasteiger partial charge in [0, 0.05) is 38.8 Å². The zero-order valence-electron chi connectivity index (χ0n) is 19.6. The van der Waals surface area contributed by atoms with E-state index in [9.17, 15) is 4.79 Å². The molecule has 168 valence electrons. The van der Waals surface area contributed by atoms with Crippen molar-refractivity contribution in [3.63, 3.8) is 0 Å². The summed E-state index contributed by atoms with van der Waals surface area (Å²) in [4.78, 5) is 15.8. The average Bonchev–Trinajstić information content (AvgIpc) is 2.72. The van der Waals surface area contributed by atoms with Gasteiger partial charge in [0.15, 0.2) is 11.5 Å². The number of hydrogen-bond donors (Lipinski definition) is 0. The number of ether oxygens (including phenoxy) is 3. The molecule has 0 saturated carbocycles. The molecule has 0 fully saturated rings. The minimum atomic E-state index is 0.0478. The van der Waals surface area contributed by atoms with Crippen LogP contribution in [-0.4, -0.2) is 39.4 Å². The molecule has 0 saturated heterocycles. The van der Waals surface area contributed by atoms with Crippen LogP contribution in [0.15, 0.2) is 64.7 Å². The van der Waals surface area contributed by atoms with Gasteiger partial charge in [-0.2, -0.15) is 0 Å². The maximum absolute atomic E-state index is 11.3. The van der Waals surface area contributed by atoms with Crippen molar-refractivity contribution in [2.24, 2.45) is 10.9 Å². The topological polar surface area (TPSA) is 57.1 Å². The maximum Gasteiger partial charge on any atom is 0.162 e. The molecule has 0 bridgehead atoms. The number of methoxy groups -OCH3 is 2. The highest BCUT2D eigenvalue weighted by atomic mass is 16.5. The third kappa shape index (κ3) is 13.7. The minimum Gasteiger partial charge on any atom is -0.493 e. The summed E-state index contributed by atoms with van der Waals surface area (Å²) in [6.45, 7) is 12.9. The van der Waals surface area contributed by atoms with Crippen LogP contribution in [0.5, 0.6) is 0 Å². The van der Waals surface area contributed by atoms with Gasteiger partial charge in [0.25, 0.3) is 0 Å². The Labute approximate surface area is 182 Å². The van der Waals surface area contributed by atoms with Crippen molar-refractivity contribution < 1.29 is 19.0 Å². The van der Waals surface area contributed by atoms with Gasteiger partial charge in [-0.3, -0.25) is 9.79 Å². The maximum atomic E-state index is 11.3. The quantitative estimate of drug-likeness (QED) is 0.135. The van der Waals surface area contributed by atoms with E-state index in [0.29, 0.717) is 30.4 Å². The summed E-state index contributed by atoms with van der Waals surface area (Å²) in [6, 6.07) is 0. The highest BCUT2D eigenvalue weighted by Crippen LogP contribution is 2.18. The molecule has 0 aliphatic carbocycles. The van der Waals surface area contributed by atoms with E-state index >= 15 is 0 Å². The van der Waals surface area contributed by atoms with Crippen molar-refractivity contribution in [1.82, 2.24) is 0 Å². The van der Waals surface area contributed by atoms with Crippen LogP contribution in [0.1, 0.15) is 53.4 Å². The first-order chi connectivity index (χ1) is 14.4. The van der Waals surface area contributed by atoms with Crippen LogP contribution in [0.4, 0.5) is 0 Å². The smallest absolute Gasteiger partial charge is 0.162 e. The van der Waals surface area contributed by atoms with E-state index in [1.54, 1.807) is 26.4 Å². The number of ketones is 1. The largest absolute Gasteiger partial charge is 0.493 e. The summed E-state index contributed by atoms with van der Waals surface area (Å²) in [7, 11) is 3.20. The molecule has 0 heterocycles. The van der Waals surface area contributed by atoms with Crippen LogP contribution >= 0.6 is 0 Å². The van der Waals surface area contributed by atoms with Crippen molar-refractivity contribution >= 4 is 12.0 Å². The van der Waals surface area contributed by atoms with Crippen LogP contribution in [0.25, 0.3) is 0 Å². The molecule has 5 nitrogen and oxygen atoms in total. The summed E-state index contributed by atoms with van der Waals surface area (Å²) < 4.78 is 16.3. The molecule has 0 spiro atoms. The lowest BCUT2D eigenvalue weighted by molar-refractivity contribution is -0.116. The third-order valence-electron chi connectivity index (χ3n) is 4.14. The van der Waals surface area contributed by atoms with E-state index in [-0.39, 0.29) is 18.1 Å². The first-order valence-electron chi connectivity index (χ1n) is 10.5. The Balaban J connectivity index is 5.29. The fourth-order valence-electron chi connectivity index (χ4n) is 2.53. The molecular weight excluding hydrogens is 378 g/mol. The van der Waals surface area contributed by atoms with Crippen LogP contribution < -0.4 is 0 Å². The Morgan fingerprint density at radius 1 is 1.20 bits per heavy atom. The van der Waals surface area contributed by atoms with Gasteiger partial charge in [-0.15, -0.1) is 0 Å². The Kier molecular flexibility index (Phi) is 16.1. The highest BCUT2D eigenvalue weighted by molar-refractivity contribution is 5.77. The van der Waals surface area contributed by atoms with Gasteiger partial charge >= 0.3 is 0 Å². The summed E-state index contributed by atoms with van der Waals surface area (Å²) >= 11 is 0. The van der Waals surface area contributed by atoms with E-state index in [0.717, 1.165) is 19.3 Å². The Hall–Kier alpha value is -2.40. The predicted molar refractivity (Wildman–Crippen MR) is 126 cm³/mol. The second-order valence-electron chi connectivity index (χ2n) is 7.04. The van der Waals surface area contributed by atoms with Crippen LogP contribution in [-0.2, 0) is 19.0 Å². The number of hydrogen-bond acceptors (Lipinski definition) is 5. The predicted octanol–water partition coefficient (Wildman–Crippen LogP) is 5.96. The van der Waals surface area contributed by atoms with E-state index < -0.39 is 0 Å². The lowest BCUT2D eigenvalue weighted by Gasteiger charge is -2.13. The minimum absolute atomic E-state index is 0.0478. The third-order valence-corrected chi connectivity index (χ3v) is 4.14. The van der Waals surface area contributed by atoms with Gasteiger partial charge in [0.2, 0.25) is 0 Å². The summed E-state index contributed by atoms with van der Waals surface area (Å²) in [5.41, 5.74) is 1.94. The van der Waals surface area contributed by atoms with E-state index in [2.05, 4.69) is 37.6 Å². The van der Waals surface area contributed by atoms with Crippen molar-refractivity contribution in [1.29, 1.82) is 0 Å². The average molecular weight is 418 g/mol. The number of nitrogens with zero attached hydrogens (tertiary/aromatic N) is 1. The number of allylic oxidation sites excluding steroid dienone is 6. The second kappa shape index (κ2) is 17.5. The van der Waals surface area contributed by atoms with Crippen molar-refractivity contribution in [3.8, 4) is 0 Å². The zero-order valence-corrected chi connectivity index (χ0v) is 19.6. The highest BCUT2D eigenvalue weighted by Gasteiger charge is 2.09. The summed E-state index contributed by atoms with van der Waals surface area (Å²) in [5, 5.41) is 0. The first kappa shape index (κ1) is 27.6. The number of rotatable bonds is 16. The zero-order chi connectivity index (χ0) is 22.8. The number of carbonyl (C=O) groups is 1. The molecule has 1 unspecified atom stereocenters. The first-order valence-corrected chi connectivity index (χ1v) is 10.5. The number of Topliss-reactive ketones (excluding diaryl/α,β-unsaturated/α-hetero) is 1. The fourth-order valence-corrected chi connectivity index (χ4v) is 2.53. The molecule has 0 aromatic carbocycles. The molecule has 1 atom stereocenters. The summed E-state index contributed by atoms with van der Waals surface area (Å²) in [5.74, 6) is 1.33. The number of aliphatic imine (C=N–C) groups is 1. The van der Waals surface area contributed by atoms with Crippen molar-refractivity contribution in [2.45, 2.75) is 53.4 Å².